The van der Waals surface area contributed by atoms with Gasteiger partial charge < -0.3 is 4.74 Å². The lowest BCUT2D eigenvalue weighted by atomic mass is 9.78. The highest BCUT2D eigenvalue weighted by atomic mass is 16.5. The van der Waals surface area contributed by atoms with Gasteiger partial charge in [-0.05, 0) is 49.0 Å². The van der Waals surface area contributed by atoms with Gasteiger partial charge in [0.15, 0.2) is 0 Å². The standard InChI is InChI=1S/C17H30O/c1-15(2)11-14-18-13-8-12-17(3,4)16-9-6-5-7-10-16/h6,9-10,15H,5,7-8,11-14H2,1-4H3. The average molecular weight is 250 g/mol. The molecule has 0 fully saturated rings. The molecule has 0 unspecified atom stereocenters. The van der Waals surface area contributed by atoms with Crippen molar-refractivity contribution in [3.63, 3.8) is 0 Å². The first kappa shape index (κ1) is 15.5. The Labute approximate surface area is 113 Å². The SMILES string of the molecule is CC(C)CCOCCCC(C)(C)C1=CCCC=C1. The van der Waals surface area contributed by atoms with Gasteiger partial charge >= 0.3 is 0 Å². The van der Waals surface area contributed by atoms with Crippen LogP contribution in [0, 0.1) is 11.3 Å². The smallest absolute Gasteiger partial charge is 0.0468 e. The van der Waals surface area contributed by atoms with Crippen LogP contribution in [0.2, 0.25) is 0 Å². The molecule has 0 saturated carbocycles. The second-order valence-electron chi connectivity index (χ2n) is 6.42. The molecule has 1 heteroatoms. The summed E-state index contributed by atoms with van der Waals surface area (Å²) in [4.78, 5) is 0. The zero-order chi connectivity index (χ0) is 13.4. The molecule has 0 heterocycles. The fraction of sp³-hybridized carbons (Fsp3) is 0.765. The highest BCUT2D eigenvalue weighted by Gasteiger charge is 2.21. The molecule has 0 aromatic heterocycles. The van der Waals surface area contributed by atoms with Gasteiger partial charge in [0.2, 0.25) is 0 Å². The predicted molar refractivity (Wildman–Crippen MR) is 79.7 cm³/mol. The number of ether oxygens (including phenoxy) is 1. The summed E-state index contributed by atoms with van der Waals surface area (Å²) in [7, 11) is 0. The Balaban J connectivity index is 2.17. The Morgan fingerprint density at radius 3 is 2.61 bits per heavy atom. The number of rotatable bonds is 8. The Kier molecular flexibility index (Phi) is 6.70. The number of allylic oxidation sites excluding steroid dienone is 4. The van der Waals surface area contributed by atoms with Gasteiger partial charge in [-0.1, -0.05) is 45.9 Å². The minimum atomic E-state index is 0.304. The van der Waals surface area contributed by atoms with Crippen LogP contribution in [0.4, 0.5) is 0 Å². The maximum absolute atomic E-state index is 5.69. The molecule has 0 N–H and O–H groups in total. The first-order valence-electron chi connectivity index (χ1n) is 7.47. The molecule has 1 nitrogen and oxygen atoms in total. The lowest BCUT2D eigenvalue weighted by Gasteiger charge is -2.28. The summed E-state index contributed by atoms with van der Waals surface area (Å²) in [5, 5.41) is 0. The van der Waals surface area contributed by atoms with E-state index in [-0.39, 0.29) is 0 Å². The van der Waals surface area contributed by atoms with Crippen LogP contribution in [0.5, 0.6) is 0 Å². The third kappa shape index (κ3) is 5.86. The van der Waals surface area contributed by atoms with E-state index in [1.54, 1.807) is 0 Å². The average Bonchev–Trinajstić information content (AvgIpc) is 2.34. The first-order chi connectivity index (χ1) is 8.52. The zero-order valence-corrected chi connectivity index (χ0v) is 12.7. The summed E-state index contributed by atoms with van der Waals surface area (Å²) in [6.07, 6.45) is 13.0. The molecule has 0 spiro atoms. The van der Waals surface area contributed by atoms with Gasteiger partial charge in [-0.3, -0.25) is 0 Å². The molecule has 1 aliphatic carbocycles. The summed E-state index contributed by atoms with van der Waals surface area (Å²) >= 11 is 0. The second kappa shape index (κ2) is 7.78. The van der Waals surface area contributed by atoms with Crippen molar-refractivity contribution < 1.29 is 4.74 Å². The largest absolute Gasteiger partial charge is 0.381 e. The van der Waals surface area contributed by atoms with Crippen molar-refractivity contribution in [1.82, 2.24) is 0 Å². The van der Waals surface area contributed by atoms with E-state index in [2.05, 4.69) is 45.9 Å². The zero-order valence-electron chi connectivity index (χ0n) is 12.7. The van der Waals surface area contributed by atoms with Crippen molar-refractivity contribution in [1.29, 1.82) is 0 Å². The summed E-state index contributed by atoms with van der Waals surface area (Å²) in [6, 6.07) is 0. The van der Waals surface area contributed by atoms with Crippen LogP contribution in [0.3, 0.4) is 0 Å². The van der Waals surface area contributed by atoms with Crippen LogP contribution in [0.25, 0.3) is 0 Å². The van der Waals surface area contributed by atoms with Crippen molar-refractivity contribution in [2.24, 2.45) is 11.3 Å². The van der Waals surface area contributed by atoms with Crippen LogP contribution in [0.1, 0.15) is 59.8 Å². The molecule has 0 aromatic rings. The van der Waals surface area contributed by atoms with Gasteiger partial charge in [-0.15, -0.1) is 0 Å². The van der Waals surface area contributed by atoms with Crippen molar-refractivity contribution in [2.75, 3.05) is 13.2 Å². The van der Waals surface area contributed by atoms with E-state index < -0.39 is 0 Å². The topological polar surface area (TPSA) is 9.23 Å². The lowest BCUT2D eigenvalue weighted by molar-refractivity contribution is 0.114. The van der Waals surface area contributed by atoms with Crippen LogP contribution < -0.4 is 0 Å². The Hall–Kier alpha value is -0.560. The molecule has 104 valence electrons. The van der Waals surface area contributed by atoms with Crippen molar-refractivity contribution in [3.05, 3.63) is 23.8 Å². The molecule has 0 aliphatic heterocycles. The van der Waals surface area contributed by atoms with Gasteiger partial charge in [0.25, 0.3) is 0 Å². The van der Waals surface area contributed by atoms with E-state index in [0.29, 0.717) is 5.41 Å². The lowest BCUT2D eigenvalue weighted by Crippen LogP contribution is -2.16. The van der Waals surface area contributed by atoms with Gasteiger partial charge in [-0.25, -0.2) is 0 Å². The Morgan fingerprint density at radius 2 is 2.00 bits per heavy atom. The van der Waals surface area contributed by atoms with Crippen molar-refractivity contribution in [3.8, 4) is 0 Å². The van der Waals surface area contributed by atoms with Gasteiger partial charge in [0.05, 0.1) is 0 Å². The quantitative estimate of drug-likeness (QED) is 0.542. The molecule has 0 saturated heterocycles. The molecule has 1 aliphatic rings. The van der Waals surface area contributed by atoms with Crippen LogP contribution in [0.15, 0.2) is 23.8 Å². The highest BCUT2D eigenvalue weighted by molar-refractivity contribution is 5.28. The van der Waals surface area contributed by atoms with E-state index in [1.807, 2.05) is 0 Å². The molecule has 0 bridgehead atoms. The molecule has 0 atom stereocenters. The Morgan fingerprint density at radius 1 is 1.22 bits per heavy atom. The molecule has 18 heavy (non-hydrogen) atoms. The van der Waals surface area contributed by atoms with E-state index in [0.717, 1.165) is 25.6 Å². The molecule has 0 radical (unpaired) electrons. The van der Waals surface area contributed by atoms with E-state index in [9.17, 15) is 0 Å². The first-order valence-corrected chi connectivity index (χ1v) is 7.47. The van der Waals surface area contributed by atoms with Crippen LogP contribution >= 0.6 is 0 Å². The highest BCUT2D eigenvalue weighted by Crippen LogP contribution is 2.34. The minimum absolute atomic E-state index is 0.304. The monoisotopic (exact) mass is 250 g/mol. The predicted octanol–water partition coefficient (Wildman–Crippen LogP) is 5.13. The van der Waals surface area contributed by atoms with E-state index >= 15 is 0 Å². The van der Waals surface area contributed by atoms with Gasteiger partial charge in [0, 0.05) is 13.2 Å². The summed E-state index contributed by atoms with van der Waals surface area (Å²) in [6.45, 7) is 11.0. The number of hydrogen-bond acceptors (Lipinski definition) is 1. The van der Waals surface area contributed by atoms with E-state index in [1.165, 1.54) is 31.3 Å². The molecular weight excluding hydrogens is 220 g/mol. The molecular formula is C17H30O. The maximum atomic E-state index is 5.69. The molecule has 0 amide bonds. The van der Waals surface area contributed by atoms with Crippen LogP contribution in [-0.2, 0) is 4.74 Å². The van der Waals surface area contributed by atoms with Gasteiger partial charge in [0.1, 0.15) is 0 Å². The second-order valence-corrected chi connectivity index (χ2v) is 6.42. The van der Waals surface area contributed by atoms with Gasteiger partial charge in [-0.2, -0.15) is 0 Å². The molecule has 1 rings (SSSR count). The molecule has 0 aromatic carbocycles. The minimum Gasteiger partial charge on any atom is -0.381 e. The third-order valence-corrected chi connectivity index (χ3v) is 3.71. The van der Waals surface area contributed by atoms with Crippen LogP contribution in [-0.4, -0.2) is 13.2 Å². The Bertz CT molecular complexity index is 284. The van der Waals surface area contributed by atoms with E-state index in [4.69, 9.17) is 4.74 Å². The third-order valence-electron chi connectivity index (χ3n) is 3.71. The normalized spacial score (nSPS) is 16.2. The number of hydrogen-bond donors (Lipinski definition) is 0. The maximum Gasteiger partial charge on any atom is 0.0468 e. The summed E-state index contributed by atoms with van der Waals surface area (Å²) in [5.74, 6) is 0.749. The van der Waals surface area contributed by atoms with Crippen molar-refractivity contribution in [2.45, 2.75) is 59.8 Å². The fourth-order valence-electron chi connectivity index (χ4n) is 2.30. The fourth-order valence-corrected chi connectivity index (χ4v) is 2.30. The summed E-state index contributed by atoms with van der Waals surface area (Å²) < 4.78 is 5.69. The summed E-state index contributed by atoms with van der Waals surface area (Å²) in [5.41, 5.74) is 1.81. The van der Waals surface area contributed by atoms with Crippen molar-refractivity contribution >= 4 is 0 Å².